The van der Waals surface area contributed by atoms with Gasteiger partial charge >= 0.3 is 0 Å². The van der Waals surface area contributed by atoms with Crippen molar-refractivity contribution in [1.82, 2.24) is 14.5 Å². The van der Waals surface area contributed by atoms with Crippen molar-refractivity contribution in [2.24, 2.45) is 0 Å². The van der Waals surface area contributed by atoms with Crippen LogP contribution in [-0.2, 0) is 0 Å². The zero-order valence-corrected chi connectivity index (χ0v) is 32.0. The first-order valence-corrected chi connectivity index (χ1v) is 20.2. The minimum atomic E-state index is 0.862. The predicted molar refractivity (Wildman–Crippen MR) is 248 cm³/mol. The maximum absolute atomic E-state index is 5.28. The molecule has 3 nitrogen and oxygen atoms in total. The molecular formula is C56H35N3. The predicted octanol–water partition coefficient (Wildman–Crippen LogP) is 14.9. The van der Waals surface area contributed by atoms with Gasteiger partial charge in [-0.25, -0.2) is 4.98 Å². The molecule has 0 fully saturated rings. The lowest BCUT2D eigenvalue weighted by Crippen LogP contribution is -1.93. The van der Waals surface area contributed by atoms with E-state index in [9.17, 15) is 0 Å². The molecule has 0 atom stereocenters. The van der Waals surface area contributed by atoms with Crippen molar-refractivity contribution in [1.29, 1.82) is 0 Å². The molecule has 10 aromatic carbocycles. The van der Waals surface area contributed by atoms with Crippen molar-refractivity contribution in [2.45, 2.75) is 0 Å². The highest BCUT2D eigenvalue weighted by Gasteiger charge is 2.16. The van der Waals surface area contributed by atoms with Gasteiger partial charge in [-0.3, -0.25) is 4.98 Å². The van der Waals surface area contributed by atoms with E-state index in [0.29, 0.717) is 0 Å². The summed E-state index contributed by atoms with van der Waals surface area (Å²) >= 11 is 0. The molecular weight excluding hydrogens is 715 g/mol. The maximum atomic E-state index is 5.28. The van der Waals surface area contributed by atoms with Gasteiger partial charge in [-0.1, -0.05) is 176 Å². The Morgan fingerprint density at radius 3 is 1.59 bits per heavy atom. The van der Waals surface area contributed by atoms with Gasteiger partial charge in [0.25, 0.3) is 0 Å². The second-order valence-corrected chi connectivity index (χ2v) is 15.3. The summed E-state index contributed by atoms with van der Waals surface area (Å²) in [6.07, 6.45) is 1.93. The van der Waals surface area contributed by atoms with Crippen molar-refractivity contribution in [2.75, 3.05) is 0 Å². The summed E-state index contributed by atoms with van der Waals surface area (Å²) in [6.45, 7) is 0. The fourth-order valence-corrected chi connectivity index (χ4v) is 9.27. The Labute approximate surface area is 341 Å². The Kier molecular flexibility index (Phi) is 7.54. The van der Waals surface area contributed by atoms with E-state index in [1.54, 1.807) is 0 Å². The lowest BCUT2D eigenvalue weighted by Gasteiger charge is -2.13. The van der Waals surface area contributed by atoms with E-state index in [4.69, 9.17) is 9.97 Å². The van der Waals surface area contributed by atoms with Crippen LogP contribution in [0.1, 0.15) is 0 Å². The Hall–Kier alpha value is -7.88. The van der Waals surface area contributed by atoms with Crippen LogP contribution >= 0.6 is 0 Å². The molecule has 0 aliphatic rings. The van der Waals surface area contributed by atoms with Crippen LogP contribution in [0.2, 0.25) is 0 Å². The molecule has 0 radical (unpaired) electrons. The number of hydrogen-bond acceptors (Lipinski definition) is 2. The minimum Gasteiger partial charge on any atom is -0.309 e. The van der Waals surface area contributed by atoms with Gasteiger partial charge in [-0.05, 0) is 85.3 Å². The molecule has 3 heteroatoms. The maximum Gasteiger partial charge on any atom is 0.0979 e. The van der Waals surface area contributed by atoms with E-state index in [1.807, 2.05) is 6.20 Å². The highest BCUT2D eigenvalue weighted by Crippen LogP contribution is 2.39. The Balaban J connectivity index is 0.913. The summed E-state index contributed by atoms with van der Waals surface area (Å²) in [5.74, 6) is 0. The fraction of sp³-hybridized carbons (Fsp3) is 0. The Morgan fingerprint density at radius 2 is 0.847 bits per heavy atom. The number of nitrogens with zero attached hydrogens (tertiary/aromatic N) is 3. The zero-order valence-electron chi connectivity index (χ0n) is 32.0. The standard InChI is InChI=1S/C56H35N3/c1-2-15-41(16-3-1)59-53-26-9-8-19-48(53)49-32-31-38(34-54(49)59)36-27-29-37(30-28-36)42-22-11-25-45-43(23-12-24-44(42)45)39-13-10-14-40(33-39)52-35-57-55-50-20-6-4-17-46(50)47-18-5-7-21-51(47)56(55)58-52/h1-35H. The smallest absolute Gasteiger partial charge is 0.0979 e. The first-order chi connectivity index (χ1) is 29.3. The van der Waals surface area contributed by atoms with Gasteiger partial charge in [-0.15, -0.1) is 0 Å². The second-order valence-electron chi connectivity index (χ2n) is 15.3. The molecule has 0 aliphatic carbocycles. The number of hydrogen-bond donors (Lipinski definition) is 0. The number of fused-ring (bicyclic) bond motifs is 10. The molecule has 0 spiro atoms. The number of aromatic nitrogens is 3. The lowest BCUT2D eigenvalue weighted by molar-refractivity contribution is 1.18. The lowest BCUT2D eigenvalue weighted by atomic mass is 9.91. The largest absolute Gasteiger partial charge is 0.309 e. The average Bonchev–Trinajstić information content (AvgIpc) is 3.65. The SMILES string of the molecule is c1ccc(-n2c3ccccc3c3ccc(-c4ccc(-c5cccc6c(-c7cccc(-c8cnc9c%10ccccc%10c%10ccccc%10c9n8)c7)cccc56)cc4)cc32)cc1. The second kappa shape index (κ2) is 13.4. The highest BCUT2D eigenvalue weighted by atomic mass is 15.0. The van der Waals surface area contributed by atoms with Gasteiger partial charge in [0.2, 0.25) is 0 Å². The van der Waals surface area contributed by atoms with Gasteiger partial charge < -0.3 is 4.57 Å². The van der Waals surface area contributed by atoms with Gasteiger partial charge in [0.15, 0.2) is 0 Å². The molecule has 2 heterocycles. The van der Waals surface area contributed by atoms with Crippen LogP contribution < -0.4 is 0 Å². The molecule has 12 rings (SSSR count). The third-order valence-electron chi connectivity index (χ3n) is 12.0. The molecule has 0 amide bonds. The number of para-hydroxylation sites is 2. The Morgan fingerprint density at radius 1 is 0.305 bits per heavy atom. The van der Waals surface area contributed by atoms with Crippen LogP contribution in [-0.4, -0.2) is 14.5 Å². The molecule has 0 bridgehead atoms. The molecule has 0 N–H and O–H groups in total. The van der Waals surface area contributed by atoms with E-state index in [-0.39, 0.29) is 0 Å². The molecule has 0 aliphatic heterocycles. The van der Waals surface area contributed by atoms with Crippen LogP contribution in [0.25, 0.3) is 115 Å². The zero-order chi connectivity index (χ0) is 38.9. The van der Waals surface area contributed by atoms with Gasteiger partial charge in [0, 0.05) is 32.8 Å². The normalized spacial score (nSPS) is 11.7. The summed E-state index contributed by atoms with van der Waals surface area (Å²) in [5, 5.41) is 9.60. The van der Waals surface area contributed by atoms with E-state index >= 15 is 0 Å². The van der Waals surface area contributed by atoms with Crippen molar-refractivity contribution in [3.8, 4) is 50.3 Å². The first-order valence-electron chi connectivity index (χ1n) is 20.2. The van der Waals surface area contributed by atoms with Crippen molar-refractivity contribution in [3.63, 3.8) is 0 Å². The minimum absolute atomic E-state index is 0.862. The highest BCUT2D eigenvalue weighted by molar-refractivity contribution is 6.23. The average molecular weight is 750 g/mol. The summed E-state index contributed by atoms with van der Waals surface area (Å²) in [5.41, 5.74) is 14.5. The molecule has 274 valence electrons. The van der Waals surface area contributed by atoms with Crippen LogP contribution in [0.3, 0.4) is 0 Å². The van der Waals surface area contributed by atoms with E-state index in [2.05, 4.69) is 211 Å². The summed E-state index contributed by atoms with van der Waals surface area (Å²) in [7, 11) is 0. The van der Waals surface area contributed by atoms with Crippen molar-refractivity contribution >= 4 is 65.2 Å². The molecule has 0 unspecified atom stereocenters. The molecule has 12 aromatic rings. The third-order valence-corrected chi connectivity index (χ3v) is 12.0. The monoisotopic (exact) mass is 749 g/mol. The number of rotatable bonds is 5. The van der Waals surface area contributed by atoms with E-state index in [1.165, 1.54) is 71.2 Å². The Bertz CT molecular complexity index is 3570. The first kappa shape index (κ1) is 33.3. The molecule has 0 saturated carbocycles. The molecule has 0 saturated heterocycles. The van der Waals surface area contributed by atoms with Crippen LogP contribution in [0, 0.1) is 0 Å². The van der Waals surface area contributed by atoms with Crippen molar-refractivity contribution in [3.05, 3.63) is 212 Å². The van der Waals surface area contributed by atoms with Gasteiger partial charge in [0.05, 0.1) is 34.0 Å². The third kappa shape index (κ3) is 5.36. The summed E-state index contributed by atoms with van der Waals surface area (Å²) in [4.78, 5) is 10.3. The van der Waals surface area contributed by atoms with Gasteiger partial charge in [-0.2, -0.15) is 0 Å². The quantitative estimate of drug-likeness (QED) is 0.164. The summed E-state index contributed by atoms with van der Waals surface area (Å²) < 4.78 is 2.38. The number of benzene rings is 10. The van der Waals surface area contributed by atoms with E-state index < -0.39 is 0 Å². The fourth-order valence-electron chi connectivity index (χ4n) is 9.27. The van der Waals surface area contributed by atoms with E-state index in [0.717, 1.165) is 44.3 Å². The molecule has 59 heavy (non-hydrogen) atoms. The summed E-state index contributed by atoms with van der Waals surface area (Å²) in [6, 6.07) is 74.3. The van der Waals surface area contributed by atoms with Gasteiger partial charge in [0.1, 0.15) is 0 Å². The van der Waals surface area contributed by atoms with Crippen LogP contribution in [0.5, 0.6) is 0 Å². The molecule has 2 aromatic heterocycles. The van der Waals surface area contributed by atoms with Crippen LogP contribution in [0.15, 0.2) is 212 Å². The van der Waals surface area contributed by atoms with Crippen LogP contribution in [0.4, 0.5) is 0 Å². The van der Waals surface area contributed by atoms with Crippen molar-refractivity contribution < 1.29 is 0 Å². The topological polar surface area (TPSA) is 30.7 Å².